The summed E-state index contributed by atoms with van der Waals surface area (Å²) in [5, 5.41) is 11.6. The van der Waals surface area contributed by atoms with Crippen LogP contribution in [0.5, 0.6) is 5.75 Å². The lowest BCUT2D eigenvalue weighted by molar-refractivity contribution is -0.138. The topological polar surface area (TPSA) is 95.7 Å². The molecule has 2 fully saturated rings. The van der Waals surface area contributed by atoms with Gasteiger partial charge in [-0.2, -0.15) is 13.2 Å². The van der Waals surface area contributed by atoms with E-state index in [2.05, 4.69) is 5.32 Å². The van der Waals surface area contributed by atoms with Crippen molar-refractivity contribution in [2.24, 2.45) is 17.6 Å². The van der Waals surface area contributed by atoms with Crippen molar-refractivity contribution in [2.75, 3.05) is 18.4 Å². The van der Waals surface area contributed by atoms with Crippen LogP contribution >= 0.6 is 0 Å². The first kappa shape index (κ1) is 22.4. The van der Waals surface area contributed by atoms with E-state index in [-0.39, 0.29) is 35.9 Å². The van der Waals surface area contributed by atoms with Crippen molar-refractivity contribution in [2.45, 2.75) is 57.2 Å². The summed E-state index contributed by atoms with van der Waals surface area (Å²) in [4.78, 5) is 26.9. The summed E-state index contributed by atoms with van der Waals surface area (Å²) in [6.07, 6.45) is 0.402. The molecule has 1 saturated carbocycles. The molecule has 3 rings (SSSR count). The normalized spacial score (nSPS) is 23.3. The van der Waals surface area contributed by atoms with E-state index < -0.39 is 23.4 Å². The number of likely N-dealkylation sites (tertiary alicyclic amines) is 1. The van der Waals surface area contributed by atoms with Gasteiger partial charge in [0, 0.05) is 25.6 Å². The van der Waals surface area contributed by atoms with Gasteiger partial charge >= 0.3 is 6.18 Å². The van der Waals surface area contributed by atoms with Crippen LogP contribution in [0.3, 0.4) is 0 Å². The third-order valence-corrected chi connectivity index (χ3v) is 6.12. The van der Waals surface area contributed by atoms with Crippen LogP contribution < -0.4 is 11.1 Å². The van der Waals surface area contributed by atoms with Crippen LogP contribution in [0, 0.1) is 11.8 Å². The molecular weight excluding hydrogens is 399 g/mol. The Bertz CT molecular complexity index is 776. The number of halogens is 3. The molecule has 6 nitrogen and oxygen atoms in total. The van der Waals surface area contributed by atoms with Crippen molar-refractivity contribution >= 4 is 17.5 Å². The highest BCUT2D eigenvalue weighted by Crippen LogP contribution is 2.37. The van der Waals surface area contributed by atoms with Crippen LogP contribution in [0.25, 0.3) is 0 Å². The number of rotatable bonds is 4. The van der Waals surface area contributed by atoms with Crippen molar-refractivity contribution in [3.8, 4) is 5.75 Å². The molecular formula is C21H28F3N3O3. The number of anilines is 1. The molecule has 1 saturated heterocycles. The summed E-state index contributed by atoms with van der Waals surface area (Å²) >= 11 is 0. The Balaban J connectivity index is 1.52. The molecule has 30 heavy (non-hydrogen) atoms. The molecule has 2 atom stereocenters. The summed E-state index contributed by atoms with van der Waals surface area (Å²) in [7, 11) is 0. The zero-order valence-corrected chi connectivity index (χ0v) is 16.8. The molecule has 0 spiro atoms. The van der Waals surface area contributed by atoms with Gasteiger partial charge in [0.1, 0.15) is 5.75 Å². The fourth-order valence-corrected chi connectivity index (χ4v) is 4.40. The van der Waals surface area contributed by atoms with Crippen LogP contribution in [0.15, 0.2) is 18.2 Å². The van der Waals surface area contributed by atoms with Crippen molar-refractivity contribution in [1.29, 1.82) is 0 Å². The summed E-state index contributed by atoms with van der Waals surface area (Å²) < 4.78 is 39.4. The van der Waals surface area contributed by atoms with E-state index in [4.69, 9.17) is 5.73 Å². The number of carbonyl (C=O) groups excluding carboxylic acids is 2. The smallest absolute Gasteiger partial charge is 0.418 e. The Hall–Kier alpha value is -2.29. The van der Waals surface area contributed by atoms with Crippen LogP contribution in [0.4, 0.5) is 18.9 Å². The van der Waals surface area contributed by atoms with E-state index in [0.29, 0.717) is 32.0 Å². The minimum atomic E-state index is -4.69. The Kier molecular flexibility index (Phi) is 6.90. The van der Waals surface area contributed by atoms with E-state index in [9.17, 15) is 27.9 Å². The van der Waals surface area contributed by atoms with Gasteiger partial charge in [-0.15, -0.1) is 0 Å². The maximum atomic E-state index is 13.1. The first-order valence-electron chi connectivity index (χ1n) is 10.4. The predicted octanol–water partition coefficient (Wildman–Crippen LogP) is 3.50. The van der Waals surface area contributed by atoms with E-state index in [1.54, 1.807) is 0 Å². The highest BCUT2D eigenvalue weighted by Gasteiger charge is 2.35. The molecule has 4 N–H and O–H groups in total. The van der Waals surface area contributed by atoms with E-state index in [1.165, 1.54) is 0 Å². The van der Waals surface area contributed by atoms with Gasteiger partial charge in [-0.1, -0.05) is 12.8 Å². The number of hydrogen-bond donors (Lipinski definition) is 3. The lowest BCUT2D eigenvalue weighted by Crippen LogP contribution is -2.48. The van der Waals surface area contributed by atoms with Gasteiger partial charge in [-0.3, -0.25) is 9.59 Å². The maximum Gasteiger partial charge on any atom is 0.418 e. The van der Waals surface area contributed by atoms with Crippen LogP contribution in [-0.2, 0) is 15.8 Å². The Morgan fingerprint density at radius 2 is 1.80 bits per heavy atom. The highest BCUT2D eigenvalue weighted by molar-refractivity contribution is 5.92. The number of alkyl halides is 3. The lowest BCUT2D eigenvalue weighted by Gasteiger charge is -2.37. The van der Waals surface area contributed by atoms with Crippen molar-refractivity contribution in [3.63, 3.8) is 0 Å². The number of aromatic hydroxyl groups is 1. The molecule has 1 aliphatic heterocycles. The van der Waals surface area contributed by atoms with Gasteiger partial charge in [0.05, 0.1) is 17.2 Å². The fourth-order valence-electron chi connectivity index (χ4n) is 4.40. The zero-order chi connectivity index (χ0) is 21.9. The second-order valence-corrected chi connectivity index (χ2v) is 8.30. The number of nitrogens with two attached hydrogens (primary N) is 1. The van der Waals surface area contributed by atoms with Crippen LogP contribution in [-0.4, -0.2) is 41.0 Å². The molecule has 0 radical (unpaired) electrons. The largest absolute Gasteiger partial charge is 0.508 e. The Morgan fingerprint density at radius 3 is 2.43 bits per heavy atom. The molecule has 1 aromatic rings. The lowest BCUT2D eigenvalue weighted by atomic mass is 9.83. The van der Waals surface area contributed by atoms with Gasteiger partial charge < -0.3 is 21.1 Å². The second kappa shape index (κ2) is 9.24. The minimum absolute atomic E-state index is 0.000492. The van der Waals surface area contributed by atoms with E-state index in [0.717, 1.165) is 37.8 Å². The number of nitrogens with one attached hydrogen (secondary N) is 1. The standard InChI is InChI=1S/C21H28F3N3O3/c22-21(23,24)16-12-14(28)5-6-18(16)26-19(29)11-13-7-9-27(10-8-13)20(30)15-3-1-2-4-17(15)25/h5-6,12-13,15,17,28H,1-4,7-11,25H2,(H,26,29)/t15-,17-/m0/s1. The third kappa shape index (κ3) is 5.44. The molecule has 2 amide bonds. The van der Waals surface area contributed by atoms with E-state index >= 15 is 0 Å². The molecule has 166 valence electrons. The van der Waals surface area contributed by atoms with E-state index in [1.807, 2.05) is 4.90 Å². The first-order valence-corrected chi connectivity index (χ1v) is 10.4. The maximum absolute atomic E-state index is 13.1. The molecule has 2 aliphatic rings. The quantitative estimate of drug-likeness (QED) is 0.641. The molecule has 1 heterocycles. The van der Waals surface area contributed by atoms with Gasteiger partial charge in [-0.25, -0.2) is 0 Å². The Labute approximate surface area is 173 Å². The fraction of sp³-hybridized carbons (Fsp3) is 0.619. The monoisotopic (exact) mass is 427 g/mol. The van der Waals surface area contributed by atoms with Gasteiger partial charge in [0.15, 0.2) is 0 Å². The van der Waals surface area contributed by atoms with Crippen LogP contribution in [0.2, 0.25) is 0 Å². The van der Waals surface area contributed by atoms with Gasteiger partial charge in [-0.05, 0) is 49.8 Å². The number of piperidine rings is 1. The SMILES string of the molecule is N[C@H]1CCCC[C@@H]1C(=O)N1CCC(CC(=O)Nc2ccc(O)cc2C(F)(F)F)CC1. The second-order valence-electron chi connectivity index (χ2n) is 8.30. The summed E-state index contributed by atoms with van der Waals surface area (Å²) in [5.74, 6) is -1.07. The third-order valence-electron chi connectivity index (χ3n) is 6.12. The average Bonchev–Trinajstić information content (AvgIpc) is 2.69. The summed E-state index contributed by atoms with van der Waals surface area (Å²) in [5.41, 5.74) is 4.65. The number of nitrogens with zero attached hydrogens (tertiary/aromatic N) is 1. The number of phenolic OH excluding ortho intramolecular Hbond substituents is 1. The van der Waals surface area contributed by atoms with Crippen molar-refractivity contribution in [3.05, 3.63) is 23.8 Å². The number of phenols is 1. The predicted molar refractivity (Wildman–Crippen MR) is 106 cm³/mol. The summed E-state index contributed by atoms with van der Waals surface area (Å²) in [6.45, 7) is 1.07. The Morgan fingerprint density at radius 1 is 1.13 bits per heavy atom. The van der Waals surface area contributed by atoms with Crippen LogP contribution in [0.1, 0.15) is 50.5 Å². The molecule has 1 aliphatic carbocycles. The first-order chi connectivity index (χ1) is 14.1. The van der Waals surface area contributed by atoms with Crippen molar-refractivity contribution < 1.29 is 27.9 Å². The number of amides is 2. The number of hydrogen-bond acceptors (Lipinski definition) is 4. The summed E-state index contributed by atoms with van der Waals surface area (Å²) in [6, 6.07) is 2.65. The van der Waals surface area contributed by atoms with Gasteiger partial charge in [0.2, 0.25) is 11.8 Å². The van der Waals surface area contributed by atoms with Crippen molar-refractivity contribution in [1.82, 2.24) is 4.90 Å². The highest BCUT2D eigenvalue weighted by atomic mass is 19.4. The molecule has 9 heteroatoms. The molecule has 1 aromatic carbocycles. The molecule has 0 bridgehead atoms. The zero-order valence-electron chi connectivity index (χ0n) is 16.8. The molecule has 0 aromatic heterocycles. The number of carbonyl (C=O) groups is 2. The number of benzene rings is 1. The minimum Gasteiger partial charge on any atom is -0.508 e. The molecule has 0 unspecified atom stereocenters. The average molecular weight is 427 g/mol. The van der Waals surface area contributed by atoms with Gasteiger partial charge in [0.25, 0.3) is 0 Å².